The molecule has 3 nitrogen and oxygen atoms in total. The maximum Gasteiger partial charge on any atom is 0.409 e. The Morgan fingerprint density at radius 3 is 2.86 bits per heavy atom. The molecular weight excluding hydrogens is 178 g/mol. The normalized spacial score (nSPS) is 24.6. The van der Waals surface area contributed by atoms with E-state index in [1.54, 1.807) is 14.1 Å². The van der Waals surface area contributed by atoms with Crippen molar-refractivity contribution >= 4 is 6.09 Å². The van der Waals surface area contributed by atoms with Gasteiger partial charge in [0.25, 0.3) is 0 Å². The molecule has 0 bridgehead atoms. The summed E-state index contributed by atoms with van der Waals surface area (Å²) in [5.41, 5.74) is 0. The molecule has 0 spiro atoms. The summed E-state index contributed by atoms with van der Waals surface area (Å²) in [5, 5.41) is 0. The molecule has 0 aromatic heterocycles. The number of allylic oxidation sites excluding steroid dienone is 1. The van der Waals surface area contributed by atoms with Crippen molar-refractivity contribution in [3.8, 4) is 0 Å². The molecule has 0 aromatic carbocycles. The van der Waals surface area contributed by atoms with Crippen molar-refractivity contribution in [3.63, 3.8) is 0 Å². The fourth-order valence-corrected chi connectivity index (χ4v) is 1.46. The second-order valence-electron chi connectivity index (χ2n) is 3.88. The van der Waals surface area contributed by atoms with Crippen LogP contribution in [0.25, 0.3) is 0 Å². The number of rotatable bonds is 1. The average Bonchev–Trinajstić information content (AvgIpc) is 2.08. The van der Waals surface area contributed by atoms with E-state index in [1.807, 2.05) is 6.08 Å². The molecule has 1 atom stereocenters. The summed E-state index contributed by atoms with van der Waals surface area (Å²) < 4.78 is 5.29. The van der Waals surface area contributed by atoms with Gasteiger partial charge in [-0.25, -0.2) is 4.79 Å². The van der Waals surface area contributed by atoms with Gasteiger partial charge in [-0.15, -0.1) is 0 Å². The number of hydrogen-bond acceptors (Lipinski definition) is 2. The summed E-state index contributed by atoms with van der Waals surface area (Å²) in [5.74, 6) is 0. The predicted molar refractivity (Wildman–Crippen MR) is 56.2 cm³/mol. The highest BCUT2D eigenvalue weighted by atomic mass is 16.6. The van der Waals surface area contributed by atoms with E-state index in [0.29, 0.717) is 0 Å². The van der Waals surface area contributed by atoms with Gasteiger partial charge >= 0.3 is 6.09 Å². The molecule has 0 aromatic rings. The van der Waals surface area contributed by atoms with Crippen LogP contribution < -0.4 is 0 Å². The van der Waals surface area contributed by atoms with Crippen LogP contribution >= 0.6 is 0 Å². The second-order valence-corrected chi connectivity index (χ2v) is 3.88. The van der Waals surface area contributed by atoms with Crippen LogP contribution in [0.3, 0.4) is 0 Å². The largest absolute Gasteiger partial charge is 0.442 e. The maximum atomic E-state index is 11.3. The maximum absolute atomic E-state index is 11.3. The van der Waals surface area contributed by atoms with Crippen LogP contribution in [0, 0.1) is 0 Å². The van der Waals surface area contributed by atoms with E-state index in [1.165, 1.54) is 17.7 Å². The minimum Gasteiger partial charge on any atom is -0.442 e. The van der Waals surface area contributed by atoms with E-state index < -0.39 is 0 Å². The van der Waals surface area contributed by atoms with Crippen molar-refractivity contribution in [3.05, 3.63) is 12.2 Å². The molecule has 1 aliphatic carbocycles. The van der Waals surface area contributed by atoms with E-state index in [-0.39, 0.29) is 12.2 Å². The van der Waals surface area contributed by atoms with Gasteiger partial charge in [-0.1, -0.05) is 12.5 Å². The van der Waals surface area contributed by atoms with E-state index >= 15 is 0 Å². The van der Waals surface area contributed by atoms with Crippen LogP contribution in [0.1, 0.15) is 32.1 Å². The third-order valence-electron chi connectivity index (χ3n) is 2.33. The molecule has 3 heteroatoms. The lowest BCUT2D eigenvalue weighted by Crippen LogP contribution is -2.27. The monoisotopic (exact) mass is 197 g/mol. The van der Waals surface area contributed by atoms with Crippen LogP contribution in [0.15, 0.2) is 12.2 Å². The quantitative estimate of drug-likeness (QED) is 0.605. The van der Waals surface area contributed by atoms with E-state index in [9.17, 15) is 4.79 Å². The van der Waals surface area contributed by atoms with E-state index in [4.69, 9.17) is 4.74 Å². The lowest BCUT2D eigenvalue weighted by molar-refractivity contribution is 0.0888. The zero-order valence-electron chi connectivity index (χ0n) is 9.03. The van der Waals surface area contributed by atoms with Gasteiger partial charge in [0, 0.05) is 14.1 Å². The van der Waals surface area contributed by atoms with Crippen molar-refractivity contribution in [1.29, 1.82) is 0 Å². The van der Waals surface area contributed by atoms with Gasteiger partial charge in [0.05, 0.1) is 0 Å². The van der Waals surface area contributed by atoms with Gasteiger partial charge < -0.3 is 9.64 Å². The highest BCUT2D eigenvalue weighted by Crippen LogP contribution is 2.14. The number of amides is 1. The number of carbonyl (C=O) groups is 1. The van der Waals surface area contributed by atoms with Crippen LogP contribution in [-0.2, 0) is 4.74 Å². The summed E-state index contributed by atoms with van der Waals surface area (Å²) in [6, 6.07) is 0. The van der Waals surface area contributed by atoms with Crippen LogP contribution in [0.5, 0.6) is 0 Å². The van der Waals surface area contributed by atoms with Gasteiger partial charge in [-0.2, -0.15) is 0 Å². The molecule has 0 N–H and O–H groups in total. The van der Waals surface area contributed by atoms with Crippen molar-refractivity contribution in [2.24, 2.45) is 0 Å². The third kappa shape index (κ3) is 3.81. The standard InChI is InChI=1S/C11H19NO2/c1-12(2)11(13)14-10-8-6-4-3-5-7-9-10/h6,8,10H,3-5,7,9H2,1-2H3/b8-6+. The van der Waals surface area contributed by atoms with Crippen LogP contribution in [-0.4, -0.2) is 31.2 Å². The lowest BCUT2D eigenvalue weighted by Gasteiger charge is -2.18. The SMILES string of the molecule is CN(C)C(=O)OC1/C=C/CCCCC1. The fourth-order valence-electron chi connectivity index (χ4n) is 1.46. The smallest absolute Gasteiger partial charge is 0.409 e. The van der Waals surface area contributed by atoms with Gasteiger partial charge in [0.2, 0.25) is 0 Å². The first-order chi connectivity index (χ1) is 6.70. The van der Waals surface area contributed by atoms with Crippen molar-refractivity contribution < 1.29 is 9.53 Å². The number of nitrogens with zero attached hydrogens (tertiary/aromatic N) is 1. The van der Waals surface area contributed by atoms with Crippen molar-refractivity contribution in [2.45, 2.75) is 38.2 Å². The first kappa shape index (κ1) is 11.1. The zero-order chi connectivity index (χ0) is 10.4. The summed E-state index contributed by atoms with van der Waals surface area (Å²) >= 11 is 0. The molecule has 1 unspecified atom stereocenters. The molecule has 1 aliphatic rings. The molecule has 1 rings (SSSR count). The highest BCUT2D eigenvalue weighted by molar-refractivity contribution is 5.67. The summed E-state index contributed by atoms with van der Waals surface area (Å²) in [7, 11) is 3.41. The lowest BCUT2D eigenvalue weighted by atomic mass is 10.0. The van der Waals surface area contributed by atoms with Gasteiger partial charge in [0.15, 0.2) is 0 Å². The Morgan fingerprint density at radius 1 is 1.36 bits per heavy atom. The molecule has 0 heterocycles. The van der Waals surface area contributed by atoms with Crippen LogP contribution in [0.4, 0.5) is 4.79 Å². The Labute approximate surface area is 85.7 Å². The first-order valence-corrected chi connectivity index (χ1v) is 5.25. The Hall–Kier alpha value is -0.990. The Kier molecular flexibility index (Phi) is 4.50. The Balaban J connectivity index is 2.41. The second kappa shape index (κ2) is 5.68. The summed E-state index contributed by atoms with van der Waals surface area (Å²) in [6.07, 6.45) is 9.56. The number of carbonyl (C=O) groups excluding carboxylic acids is 1. The van der Waals surface area contributed by atoms with E-state index in [0.717, 1.165) is 19.3 Å². The molecule has 80 valence electrons. The molecule has 0 saturated carbocycles. The minimum absolute atomic E-state index is 0.0230. The summed E-state index contributed by atoms with van der Waals surface area (Å²) in [6.45, 7) is 0. The molecule has 0 radical (unpaired) electrons. The van der Waals surface area contributed by atoms with Crippen molar-refractivity contribution in [2.75, 3.05) is 14.1 Å². The number of hydrogen-bond donors (Lipinski definition) is 0. The molecular formula is C11H19NO2. The fraction of sp³-hybridized carbons (Fsp3) is 0.727. The third-order valence-corrected chi connectivity index (χ3v) is 2.33. The molecule has 0 saturated heterocycles. The molecule has 1 amide bonds. The zero-order valence-corrected chi connectivity index (χ0v) is 9.03. The predicted octanol–water partition coefficient (Wildman–Crippen LogP) is 2.57. The number of ether oxygens (including phenoxy) is 1. The Morgan fingerprint density at radius 2 is 2.14 bits per heavy atom. The van der Waals surface area contributed by atoms with Crippen LogP contribution in [0.2, 0.25) is 0 Å². The molecule has 0 aliphatic heterocycles. The topological polar surface area (TPSA) is 29.5 Å². The molecule has 0 fully saturated rings. The van der Waals surface area contributed by atoms with E-state index in [2.05, 4.69) is 6.08 Å². The molecule has 14 heavy (non-hydrogen) atoms. The van der Waals surface area contributed by atoms with Gasteiger partial charge in [0.1, 0.15) is 6.10 Å². The van der Waals surface area contributed by atoms with Crippen molar-refractivity contribution in [1.82, 2.24) is 4.90 Å². The average molecular weight is 197 g/mol. The summed E-state index contributed by atoms with van der Waals surface area (Å²) in [4.78, 5) is 12.7. The minimum atomic E-state index is -0.250. The Bertz CT molecular complexity index is 211. The van der Waals surface area contributed by atoms with Gasteiger partial charge in [-0.05, 0) is 31.8 Å². The van der Waals surface area contributed by atoms with Gasteiger partial charge in [-0.3, -0.25) is 0 Å². The highest BCUT2D eigenvalue weighted by Gasteiger charge is 2.13. The first-order valence-electron chi connectivity index (χ1n) is 5.25.